The number of rotatable bonds is 6. The minimum Gasteiger partial charge on any atom is -0.368 e. The highest BCUT2D eigenvalue weighted by Gasteiger charge is 2.15. The molecule has 2 aromatic carbocycles. The van der Waals surface area contributed by atoms with E-state index in [0.29, 0.717) is 23.3 Å². The standard InChI is InChI=1S/C23H26N4O2/c1-15(17-11-10-16-6-2-3-7-18(16)12-17)25-13-22-26-20-9-5-4-8-19(20)23(29)27(22)14-21(24)28/h4-5,8-12,15,25H,2-3,6-7,13-14H2,1H3,(H2,24,28)/t15-/m1/s1. The second kappa shape index (κ2) is 8.17. The van der Waals surface area contributed by atoms with Crippen LogP contribution < -0.4 is 16.6 Å². The number of hydrogen-bond donors (Lipinski definition) is 2. The number of nitrogens with one attached hydrogen (secondary N) is 1. The number of benzene rings is 2. The molecule has 29 heavy (non-hydrogen) atoms. The molecule has 0 spiro atoms. The number of para-hydroxylation sites is 1. The normalized spacial score (nSPS) is 14.5. The van der Waals surface area contributed by atoms with Gasteiger partial charge in [-0.2, -0.15) is 0 Å². The number of nitrogens with two attached hydrogens (primary N) is 1. The molecule has 1 heterocycles. The van der Waals surface area contributed by atoms with Crippen LogP contribution in [0.2, 0.25) is 0 Å². The molecular formula is C23H26N4O2. The van der Waals surface area contributed by atoms with Crippen LogP contribution in [-0.2, 0) is 30.7 Å². The molecule has 0 saturated heterocycles. The van der Waals surface area contributed by atoms with E-state index in [2.05, 4.69) is 35.4 Å². The molecular weight excluding hydrogens is 364 g/mol. The van der Waals surface area contributed by atoms with Crippen molar-refractivity contribution in [1.82, 2.24) is 14.9 Å². The fourth-order valence-corrected chi connectivity index (χ4v) is 4.05. The van der Waals surface area contributed by atoms with Gasteiger partial charge in [0.25, 0.3) is 5.56 Å². The Morgan fingerprint density at radius 2 is 1.93 bits per heavy atom. The smallest absolute Gasteiger partial charge is 0.261 e. The Kier molecular flexibility index (Phi) is 5.45. The van der Waals surface area contributed by atoms with Crippen LogP contribution in [-0.4, -0.2) is 15.5 Å². The second-order valence-electron chi connectivity index (χ2n) is 7.74. The highest BCUT2D eigenvalue weighted by molar-refractivity contribution is 5.78. The van der Waals surface area contributed by atoms with Crippen LogP contribution in [0.25, 0.3) is 10.9 Å². The molecule has 0 bridgehead atoms. The summed E-state index contributed by atoms with van der Waals surface area (Å²) in [5, 5.41) is 3.94. The number of fused-ring (bicyclic) bond motifs is 2. The van der Waals surface area contributed by atoms with Crippen LogP contribution >= 0.6 is 0 Å². The Morgan fingerprint density at radius 1 is 1.17 bits per heavy atom. The van der Waals surface area contributed by atoms with Crippen LogP contribution in [0.5, 0.6) is 0 Å². The van der Waals surface area contributed by atoms with Gasteiger partial charge in [0, 0.05) is 6.04 Å². The average molecular weight is 390 g/mol. The van der Waals surface area contributed by atoms with Crippen molar-refractivity contribution in [2.24, 2.45) is 5.73 Å². The van der Waals surface area contributed by atoms with E-state index in [1.165, 1.54) is 34.1 Å². The van der Waals surface area contributed by atoms with Crippen LogP contribution in [0.15, 0.2) is 47.3 Å². The second-order valence-corrected chi connectivity index (χ2v) is 7.74. The summed E-state index contributed by atoms with van der Waals surface area (Å²) in [6, 6.07) is 13.9. The van der Waals surface area contributed by atoms with Crippen molar-refractivity contribution >= 4 is 16.8 Å². The van der Waals surface area contributed by atoms with Crippen molar-refractivity contribution in [3.63, 3.8) is 0 Å². The summed E-state index contributed by atoms with van der Waals surface area (Å²) in [5.41, 5.74) is 9.87. The first-order valence-corrected chi connectivity index (χ1v) is 10.1. The number of primary amides is 1. The van der Waals surface area contributed by atoms with Gasteiger partial charge >= 0.3 is 0 Å². The van der Waals surface area contributed by atoms with Gasteiger partial charge < -0.3 is 11.1 Å². The predicted molar refractivity (Wildman–Crippen MR) is 114 cm³/mol. The van der Waals surface area contributed by atoms with E-state index in [-0.39, 0.29) is 18.1 Å². The Hall–Kier alpha value is -2.99. The molecule has 0 radical (unpaired) electrons. The van der Waals surface area contributed by atoms with E-state index >= 15 is 0 Å². The van der Waals surface area contributed by atoms with Crippen molar-refractivity contribution in [1.29, 1.82) is 0 Å². The van der Waals surface area contributed by atoms with Gasteiger partial charge in [0.1, 0.15) is 12.4 Å². The first-order chi connectivity index (χ1) is 14.0. The molecule has 3 aromatic rings. The zero-order valence-corrected chi connectivity index (χ0v) is 16.6. The largest absolute Gasteiger partial charge is 0.368 e. The Morgan fingerprint density at radius 3 is 2.72 bits per heavy atom. The van der Waals surface area contributed by atoms with Crippen LogP contribution in [0, 0.1) is 0 Å². The van der Waals surface area contributed by atoms with Gasteiger partial charge in [-0.1, -0.05) is 30.3 Å². The van der Waals surface area contributed by atoms with Gasteiger partial charge in [0.2, 0.25) is 5.91 Å². The van der Waals surface area contributed by atoms with Gasteiger partial charge in [-0.05, 0) is 61.4 Å². The lowest BCUT2D eigenvalue weighted by atomic mass is 9.89. The molecule has 1 aliphatic rings. The first kappa shape index (κ1) is 19.3. The maximum absolute atomic E-state index is 12.8. The predicted octanol–water partition coefficient (Wildman–Crippen LogP) is 2.61. The van der Waals surface area contributed by atoms with Crippen molar-refractivity contribution in [2.45, 2.75) is 51.7 Å². The lowest BCUT2D eigenvalue weighted by molar-refractivity contribution is -0.118. The van der Waals surface area contributed by atoms with Gasteiger partial charge in [-0.15, -0.1) is 0 Å². The first-order valence-electron chi connectivity index (χ1n) is 10.1. The number of nitrogens with zero attached hydrogens (tertiary/aromatic N) is 2. The molecule has 0 saturated carbocycles. The molecule has 3 N–H and O–H groups in total. The minimum absolute atomic E-state index is 0.0904. The molecule has 4 rings (SSSR count). The summed E-state index contributed by atoms with van der Waals surface area (Å²) >= 11 is 0. The van der Waals surface area contributed by atoms with Crippen molar-refractivity contribution in [3.05, 3.63) is 75.3 Å². The van der Waals surface area contributed by atoms with Gasteiger partial charge in [0.05, 0.1) is 17.4 Å². The van der Waals surface area contributed by atoms with Crippen molar-refractivity contribution in [2.75, 3.05) is 0 Å². The van der Waals surface area contributed by atoms with Crippen LogP contribution in [0.1, 0.15) is 48.3 Å². The monoisotopic (exact) mass is 390 g/mol. The molecule has 0 fully saturated rings. The molecule has 6 nitrogen and oxygen atoms in total. The third kappa shape index (κ3) is 4.07. The number of aromatic nitrogens is 2. The van der Waals surface area contributed by atoms with E-state index in [1.807, 2.05) is 12.1 Å². The lowest BCUT2D eigenvalue weighted by Crippen LogP contribution is -2.33. The topological polar surface area (TPSA) is 90.0 Å². The summed E-state index contributed by atoms with van der Waals surface area (Å²) in [6.07, 6.45) is 4.82. The van der Waals surface area contributed by atoms with Crippen LogP contribution in [0.3, 0.4) is 0 Å². The zero-order chi connectivity index (χ0) is 20.4. The lowest BCUT2D eigenvalue weighted by Gasteiger charge is -2.20. The fourth-order valence-electron chi connectivity index (χ4n) is 4.05. The molecule has 0 unspecified atom stereocenters. The maximum Gasteiger partial charge on any atom is 0.261 e. The quantitative estimate of drug-likeness (QED) is 0.677. The third-order valence-electron chi connectivity index (χ3n) is 5.69. The average Bonchev–Trinajstić information content (AvgIpc) is 2.73. The van der Waals surface area contributed by atoms with Gasteiger partial charge in [-0.25, -0.2) is 4.98 Å². The Labute approximate surface area is 169 Å². The molecule has 6 heteroatoms. The minimum atomic E-state index is -0.562. The number of aryl methyl sites for hydroxylation is 2. The molecule has 0 aliphatic heterocycles. The Balaban J connectivity index is 1.60. The number of hydrogen-bond acceptors (Lipinski definition) is 4. The summed E-state index contributed by atoms with van der Waals surface area (Å²) in [5.74, 6) is -0.0505. The van der Waals surface area contributed by atoms with Gasteiger partial charge in [0.15, 0.2) is 0 Å². The summed E-state index contributed by atoms with van der Waals surface area (Å²) in [6.45, 7) is 2.29. The van der Waals surface area contributed by atoms with E-state index in [9.17, 15) is 9.59 Å². The molecule has 1 atom stereocenters. The Bertz CT molecular complexity index is 1120. The maximum atomic E-state index is 12.8. The summed E-state index contributed by atoms with van der Waals surface area (Å²) in [4.78, 5) is 29.0. The summed E-state index contributed by atoms with van der Waals surface area (Å²) in [7, 11) is 0. The summed E-state index contributed by atoms with van der Waals surface area (Å²) < 4.78 is 1.37. The van der Waals surface area contributed by atoms with E-state index in [1.54, 1.807) is 12.1 Å². The van der Waals surface area contributed by atoms with Crippen molar-refractivity contribution < 1.29 is 4.79 Å². The molecule has 150 valence electrons. The van der Waals surface area contributed by atoms with E-state index in [0.717, 1.165) is 12.8 Å². The SMILES string of the molecule is C[C@@H](NCc1nc2ccccc2c(=O)n1CC(N)=O)c1ccc2c(c1)CCCC2. The van der Waals surface area contributed by atoms with Crippen LogP contribution in [0.4, 0.5) is 0 Å². The number of amides is 1. The molecule has 1 amide bonds. The molecule has 1 aromatic heterocycles. The van der Waals surface area contributed by atoms with E-state index in [4.69, 9.17) is 5.73 Å². The highest BCUT2D eigenvalue weighted by atomic mass is 16.2. The van der Waals surface area contributed by atoms with Gasteiger partial charge in [-0.3, -0.25) is 14.2 Å². The zero-order valence-electron chi connectivity index (χ0n) is 16.6. The van der Waals surface area contributed by atoms with Crippen molar-refractivity contribution in [3.8, 4) is 0 Å². The van der Waals surface area contributed by atoms with E-state index < -0.39 is 5.91 Å². The fraction of sp³-hybridized carbons (Fsp3) is 0.348. The number of carbonyl (C=O) groups is 1. The highest BCUT2D eigenvalue weighted by Crippen LogP contribution is 2.25. The molecule has 1 aliphatic carbocycles. The number of carbonyl (C=O) groups excluding carboxylic acids is 1. The third-order valence-corrected chi connectivity index (χ3v) is 5.69.